The van der Waals surface area contributed by atoms with Gasteiger partial charge in [-0.1, -0.05) is 12.1 Å². The molecular formula is C18H32IN5O3. The van der Waals surface area contributed by atoms with Crippen molar-refractivity contribution >= 4 is 36.0 Å². The second kappa shape index (κ2) is 10.7. The molecule has 1 aliphatic rings. The first-order chi connectivity index (χ1) is 12.3. The van der Waals surface area contributed by atoms with E-state index in [0.29, 0.717) is 13.1 Å². The normalized spacial score (nSPS) is 17.4. The molecule has 0 aromatic carbocycles. The van der Waals surface area contributed by atoms with Crippen molar-refractivity contribution in [3.63, 3.8) is 0 Å². The van der Waals surface area contributed by atoms with E-state index in [9.17, 15) is 4.79 Å². The van der Waals surface area contributed by atoms with Gasteiger partial charge in [0.05, 0.1) is 11.7 Å². The molecule has 9 heteroatoms. The van der Waals surface area contributed by atoms with Crippen LogP contribution in [0, 0.1) is 0 Å². The molecule has 1 aromatic rings. The van der Waals surface area contributed by atoms with E-state index in [1.54, 1.807) is 0 Å². The molecule has 0 aliphatic carbocycles. The molecule has 2 rings (SSSR count). The van der Waals surface area contributed by atoms with Crippen molar-refractivity contribution in [1.82, 2.24) is 20.7 Å². The van der Waals surface area contributed by atoms with Crippen LogP contribution < -0.4 is 10.6 Å². The minimum Gasteiger partial charge on any atom is -0.444 e. The predicted octanol–water partition coefficient (Wildman–Crippen LogP) is 2.92. The number of guanidine groups is 1. The number of aliphatic imine (C=N–C) groups is 1. The van der Waals surface area contributed by atoms with Crippen molar-refractivity contribution in [2.45, 2.75) is 65.6 Å². The highest BCUT2D eigenvalue weighted by Gasteiger charge is 2.27. The van der Waals surface area contributed by atoms with E-state index in [1.165, 1.54) is 0 Å². The summed E-state index contributed by atoms with van der Waals surface area (Å²) in [5, 5.41) is 10.2. The van der Waals surface area contributed by atoms with Gasteiger partial charge >= 0.3 is 6.09 Å². The third-order valence-electron chi connectivity index (χ3n) is 3.90. The number of aromatic nitrogens is 1. The lowest BCUT2D eigenvalue weighted by molar-refractivity contribution is 0.0507. The van der Waals surface area contributed by atoms with Gasteiger partial charge < -0.3 is 24.8 Å². The molecule has 1 aliphatic heterocycles. The van der Waals surface area contributed by atoms with Crippen LogP contribution in [0.3, 0.4) is 0 Å². The number of hydrogen-bond donors (Lipinski definition) is 2. The monoisotopic (exact) mass is 493 g/mol. The molecule has 0 spiro atoms. The fourth-order valence-corrected chi connectivity index (χ4v) is 2.72. The Kier molecular flexibility index (Phi) is 9.34. The van der Waals surface area contributed by atoms with Gasteiger partial charge in [0.2, 0.25) is 0 Å². The fraction of sp³-hybridized carbons (Fsp3) is 0.722. The molecule has 0 radical (unpaired) electrons. The van der Waals surface area contributed by atoms with Crippen molar-refractivity contribution < 1.29 is 14.1 Å². The van der Waals surface area contributed by atoms with Crippen LogP contribution in [0.2, 0.25) is 0 Å². The molecule has 1 saturated heterocycles. The maximum Gasteiger partial charge on any atom is 0.407 e. The van der Waals surface area contributed by atoms with Gasteiger partial charge in [-0.3, -0.25) is 0 Å². The molecule has 1 atom stereocenters. The maximum absolute atomic E-state index is 11.9. The molecule has 8 nitrogen and oxygen atoms in total. The van der Waals surface area contributed by atoms with Crippen molar-refractivity contribution in [3.05, 3.63) is 17.5 Å². The Bertz CT molecular complexity index is 627. The Morgan fingerprint density at radius 1 is 1.44 bits per heavy atom. The average molecular weight is 493 g/mol. The summed E-state index contributed by atoms with van der Waals surface area (Å²) in [6.45, 7) is 12.4. The quantitative estimate of drug-likeness (QED) is 0.373. The predicted molar refractivity (Wildman–Crippen MR) is 115 cm³/mol. The first-order valence-electron chi connectivity index (χ1n) is 9.28. The Morgan fingerprint density at radius 2 is 2.19 bits per heavy atom. The van der Waals surface area contributed by atoms with Crippen LogP contribution in [0.4, 0.5) is 4.79 Å². The summed E-state index contributed by atoms with van der Waals surface area (Å²) < 4.78 is 10.6. The Labute approximate surface area is 178 Å². The number of amides is 1. The van der Waals surface area contributed by atoms with Gasteiger partial charge in [0.1, 0.15) is 12.1 Å². The summed E-state index contributed by atoms with van der Waals surface area (Å²) in [7, 11) is 0. The van der Waals surface area contributed by atoms with Crippen LogP contribution in [0.25, 0.3) is 0 Å². The third-order valence-corrected chi connectivity index (χ3v) is 3.90. The summed E-state index contributed by atoms with van der Waals surface area (Å²) in [4.78, 5) is 18.7. The highest BCUT2D eigenvalue weighted by molar-refractivity contribution is 14.0. The van der Waals surface area contributed by atoms with Crippen molar-refractivity contribution in [2.75, 3.05) is 19.6 Å². The molecule has 154 valence electrons. The number of nitrogens with one attached hydrogen (secondary N) is 2. The van der Waals surface area contributed by atoms with Gasteiger partial charge in [0.25, 0.3) is 0 Å². The second-order valence-electron chi connectivity index (χ2n) is 7.39. The van der Waals surface area contributed by atoms with E-state index < -0.39 is 5.60 Å². The second-order valence-corrected chi connectivity index (χ2v) is 7.39. The van der Waals surface area contributed by atoms with Crippen molar-refractivity contribution in [2.24, 2.45) is 4.99 Å². The van der Waals surface area contributed by atoms with Crippen LogP contribution in [-0.2, 0) is 17.7 Å². The highest BCUT2D eigenvalue weighted by atomic mass is 127. The van der Waals surface area contributed by atoms with Crippen LogP contribution >= 0.6 is 24.0 Å². The van der Waals surface area contributed by atoms with Gasteiger partial charge in [-0.2, -0.15) is 0 Å². The van der Waals surface area contributed by atoms with E-state index in [4.69, 9.17) is 9.26 Å². The van der Waals surface area contributed by atoms with Crippen LogP contribution in [0.5, 0.6) is 0 Å². The average Bonchev–Trinajstić information content (AvgIpc) is 3.18. The molecule has 1 fully saturated rings. The minimum atomic E-state index is -0.493. The summed E-state index contributed by atoms with van der Waals surface area (Å²) in [6, 6.07) is 1.98. The van der Waals surface area contributed by atoms with E-state index in [0.717, 1.165) is 43.3 Å². The van der Waals surface area contributed by atoms with Gasteiger partial charge in [-0.15, -0.1) is 24.0 Å². The zero-order valence-corrected chi connectivity index (χ0v) is 19.2. The third kappa shape index (κ3) is 7.94. The smallest absolute Gasteiger partial charge is 0.407 e. The van der Waals surface area contributed by atoms with Crippen LogP contribution in [0.1, 0.15) is 52.5 Å². The number of rotatable bonds is 5. The summed E-state index contributed by atoms with van der Waals surface area (Å²) in [6.07, 6.45) is 1.32. The van der Waals surface area contributed by atoms with E-state index in [1.807, 2.05) is 40.7 Å². The molecule has 1 aromatic heterocycles. The SMILES string of the molecule is CCNC(=NCc1cc(CC)no1)N1CCC(NC(=O)OC(C)(C)C)C1.I. The number of hydrogen-bond acceptors (Lipinski definition) is 5. The lowest BCUT2D eigenvalue weighted by Crippen LogP contribution is -2.44. The number of halogens is 1. The number of nitrogens with zero attached hydrogens (tertiary/aromatic N) is 3. The van der Waals surface area contributed by atoms with E-state index in [-0.39, 0.29) is 36.1 Å². The molecule has 1 amide bonds. The molecule has 1 unspecified atom stereocenters. The van der Waals surface area contributed by atoms with E-state index in [2.05, 4.69) is 25.7 Å². The Hall–Kier alpha value is -1.52. The Balaban J connectivity index is 0.00000364. The minimum absolute atomic E-state index is 0. The molecule has 0 saturated carbocycles. The van der Waals surface area contributed by atoms with Gasteiger partial charge in [0, 0.05) is 25.7 Å². The van der Waals surface area contributed by atoms with Crippen LogP contribution in [0.15, 0.2) is 15.6 Å². The summed E-state index contributed by atoms with van der Waals surface area (Å²) >= 11 is 0. The first-order valence-corrected chi connectivity index (χ1v) is 9.28. The summed E-state index contributed by atoms with van der Waals surface area (Å²) in [5.74, 6) is 1.57. The zero-order chi connectivity index (χ0) is 19.2. The lowest BCUT2D eigenvalue weighted by atomic mass is 10.2. The van der Waals surface area contributed by atoms with Crippen molar-refractivity contribution in [1.29, 1.82) is 0 Å². The number of aryl methyl sites for hydroxylation is 1. The number of carbonyl (C=O) groups excluding carboxylic acids is 1. The first kappa shape index (κ1) is 23.5. The lowest BCUT2D eigenvalue weighted by Gasteiger charge is -2.23. The van der Waals surface area contributed by atoms with E-state index >= 15 is 0 Å². The number of ether oxygens (including phenoxy) is 1. The summed E-state index contributed by atoms with van der Waals surface area (Å²) in [5.41, 5.74) is 0.440. The maximum atomic E-state index is 11.9. The number of likely N-dealkylation sites (tertiary alicyclic amines) is 1. The van der Waals surface area contributed by atoms with Gasteiger partial charge in [-0.05, 0) is 40.5 Å². The zero-order valence-electron chi connectivity index (χ0n) is 16.9. The van der Waals surface area contributed by atoms with Gasteiger partial charge in [0.15, 0.2) is 11.7 Å². The Morgan fingerprint density at radius 3 is 2.78 bits per heavy atom. The van der Waals surface area contributed by atoms with Crippen molar-refractivity contribution in [3.8, 4) is 0 Å². The number of alkyl carbamates (subject to hydrolysis) is 1. The molecule has 27 heavy (non-hydrogen) atoms. The topological polar surface area (TPSA) is 92.0 Å². The molecule has 0 bridgehead atoms. The molecule has 2 heterocycles. The molecule has 2 N–H and O–H groups in total. The van der Waals surface area contributed by atoms with Crippen LogP contribution in [-0.4, -0.2) is 53.4 Å². The molecular weight excluding hydrogens is 461 g/mol. The standard InChI is InChI=1S/C18H31N5O3.HI/c1-6-13-10-15(26-22-13)11-20-16(19-7-2)23-9-8-14(12-23)21-17(24)25-18(3,4)5;/h10,14H,6-9,11-12H2,1-5H3,(H,19,20)(H,21,24);1H. The highest BCUT2D eigenvalue weighted by Crippen LogP contribution is 2.13. The number of carbonyl (C=O) groups is 1. The van der Waals surface area contributed by atoms with Gasteiger partial charge in [-0.25, -0.2) is 9.79 Å². The fourth-order valence-electron chi connectivity index (χ4n) is 2.72. The largest absolute Gasteiger partial charge is 0.444 e.